The maximum Gasteiger partial charge on any atom is 0.248 e. The van der Waals surface area contributed by atoms with Crippen LogP contribution in [-0.4, -0.2) is 46.5 Å². The molecule has 0 atom stereocenters. The van der Waals surface area contributed by atoms with Crippen LogP contribution in [0.25, 0.3) is 5.69 Å². The highest BCUT2D eigenvalue weighted by atomic mass is 16.5. The van der Waals surface area contributed by atoms with Gasteiger partial charge in [0.2, 0.25) is 5.95 Å². The molecule has 7 heteroatoms. The van der Waals surface area contributed by atoms with Gasteiger partial charge in [-0.05, 0) is 28.1 Å². The van der Waals surface area contributed by atoms with Gasteiger partial charge < -0.3 is 15.0 Å². The fourth-order valence-corrected chi connectivity index (χ4v) is 3.22. The summed E-state index contributed by atoms with van der Waals surface area (Å²) in [7, 11) is 0. The second kappa shape index (κ2) is 8.07. The molecule has 0 spiro atoms. The zero-order valence-electron chi connectivity index (χ0n) is 14.6. The molecule has 0 bridgehead atoms. The number of morpholine rings is 1. The molecule has 1 aliphatic rings. The molecule has 1 fully saturated rings. The molecule has 2 heterocycles. The molecule has 4 rings (SSSR count). The first-order chi connectivity index (χ1) is 12.9. The third-order valence-corrected chi connectivity index (χ3v) is 4.67. The van der Waals surface area contributed by atoms with Gasteiger partial charge in [0.15, 0.2) is 0 Å². The van der Waals surface area contributed by atoms with E-state index in [0.29, 0.717) is 12.5 Å². The van der Waals surface area contributed by atoms with Gasteiger partial charge in [-0.25, -0.2) is 0 Å². The summed E-state index contributed by atoms with van der Waals surface area (Å²) in [6.07, 6.45) is 0. The molecular formula is C19H23N6O+. The van der Waals surface area contributed by atoms with Gasteiger partial charge in [-0.2, -0.15) is 4.68 Å². The standard InChI is InChI=1S/C19H22N6O/c1-2-8-18(9-3-1)25-19(21-22-23-25)20-14-16-6-4-5-7-17(16)15-24-10-12-26-13-11-24/h1-9H,10-15H2,(H,20,21,23)/p+1. The molecule has 3 aromatic rings. The molecule has 1 aliphatic heterocycles. The number of benzene rings is 2. The van der Waals surface area contributed by atoms with Crippen LogP contribution in [-0.2, 0) is 17.8 Å². The molecule has 1 saturated heterocycles. The van der Waals surface area contributed by atoms with Crippen molar-refractivity contribution < 1.29 is 9.64 Å². The quantitative estimate of drug-likeness (QED) is 0.684. The third kappa shape index (κ3) is 3.89. The number of nitrogens with one attached hydrogen (secondary N) is 2. The minimum absolute atomic E-state index is 0.643. The van der Waals surface area contributed by atoms with E-state index in [1.807, 2.05) is 30.3 Å². The van der Waals surface area contributed by atoms with Gasteiger partial charge in [0, 0.05) is 12.1 Å². The van der Waals surface area contributed by atoms with Crippen LogP contribution < -0.4 is 10.2 Å². The lowest BCUT2D eigenvalue weighted by Gasteiger charge is -2.24. The number of rotatable bonds is 6. The molecule has 2 aromatic carbocycles. The summed E-state index contributed by atoms with van der Waals surface area (Å²) in [6, 6.07) is 18.4. The molecule has 0 aliphatic carbocycles. The van der Waals surface area contributed by atoms with Gasteiger partial charge in [0.05, 0.1) is 18.9 Å². The number of aromatic nitrogens is 4. The van der Waals surface area contributed by atoms with Crippen LogP contribution in [0.2, 0.25) is 0 Å². The molecule has 7 nitrogen and oxygen atoms in total. The number of ether oxygens (including phenoxy) is 1. The Morgan fingerprint density at radius 2 is 1.69 bits per heavy atom. The molecule has 134 valence electrons. The Balaban J connectivity index is 1.46. The van der Waals surface area contributed by atoms with Crippen molar-refractivity contribution in [3.05, 3.63) is 65.7 Å². The van der Waals surface area contributed by atoms with Crippen LogP contribution in [0.4, 0.5) is 5.95 Å². The van der Waals surface area contributed by atoms with Gasteiger partial charge >= 0.3 is 0 Å². The topological polar surface area (TPSA) is 69.3 Å². The zero-order chi connectivity index (χ0) is 17.6. The second-order valence-corrected chi connectivity index (χ2v) is 6.41. The minimum atomic E-state index is 0.643. The normalized spacial score (nSPS) is 15.1. The summed E-state index contributed by atoms with van der Waals surface area (Å²) in [5.41, 5.74) is 3.57. The summed E-state index contributed by atoms with van der Waals surface area (Å²) in [5, 5.41) is 15.4. The number of anilines is 1. The lowest BCUT2D eigenvalue weighted by atomic mass is 10.1. The van der Waals surface area contributed by atoms with Crippen molar-refractivity contribution >= 4 is 5.95 Å². The largest absolute Gasteiger partial charge is 0.370 e. The van der Waals surface area contributed by atoms with Crippen LogP contribution in [0, 0.1) is 0 Å². The van der Waals surface area contributed by atoms with E-state index in [1.165, 1.54) is 11.1 Å². The molecule has 26 heavy (non-hydrogen) atoms. The minimum Gasteiger partial charge on any atom is -0.370 e. The first-order valence-corrected chi connectivity index (χ1v) is 8.96. The molecule has 1 aromatic heterocycles. The van der Waals surface area contributed by atoms with Crippen molar-refractivity contribution in [2.75, 3.05) is 31.6 Å². The summed E-state index contributed by atoms with van der Waals surface area (Å²) < 4.78 is 7.18. The number of hydrogen-bond donors (Lipinski definition) is 2. The summed E-state index contributed by atoms with van der Waals surface area (Å²) >= 11 is 0. The SMILES string of the molecule is c1ccc(-n2nnnc2NCc2ccccc2C[NH+]2CCOCC2)cc1. The fraction of sp³-hybridized carbons (Fsp3) is 0.316. The van der Waals surface area contributed by atoms with E-state index in [9.17, 15) is 0 Å². The van der Waals surface area contributed by atoms with Crippen molar-refractivity contribution in [3.63, 3.8) is 0 Å². The van der Waals surface area contributed by atoms with E-state index in [-0.39, 0.29) is 0 Å². The number of para-hydroxylation sites is 1. The number of hydrogen-bond acceptors (Lipinski definition) is 5. The van der Waals surface area contributed by atoms with E-state index < -0.39 is 0 Å². The van der Waals surface area contributed by atoms with Crippen LogP contribution in [0.15, 0.2) is 54.6 Å². The zero-order valence-corrected chi connectivity index (χ0v) is 14.6. The van der Waals surface area contributed by atoms with Gasteiger partial charge in [0.1, 0.15) is 19.6 Å². The third-order valence-electron chi connectivity index (χ3n) is 4.67. The molecule has 0 unspecified atom stereocenters. The smallest absolute Gasteiger partial charge is 0.248 e. The van der Waals surface area contributed by atoms with Crippen LogP contribution in [0.1, 0.15) is 11.1 Å². The summed E-state index contributed by atoms with van der Waals surface area (Å²) in [4.78, 5) is 1.57. The Morgan fingerprint density at radius 1 is 0.962 bits per heavy atom. The highest BCUT2D eigenvalue weighted by molar-refractivity contribution is 5.39. The maximum absolute atomic E-state index is 5.46. The van der Waals surface area contributed by atoms with Crippen molar-refractivity contribution in [1.82, 2.24) is 20.2 Å². The fourth-order valence-electron chi connectivity index (χ4n) is 3.22. The monoisotopic (exact) mass is 351 g/mol. The Labute approximate surface area is 152 Å². The predicted molar refractivity (Wildman–Crippen MR) is 98.1 cm³/mol. The molecule has 2 N–H and O–H groups in total. The molecule has 0 saturated carbocycles. The Bertz CT molecular complexity index is 829. The Morgan fingerprint density at radius 3 is 2.50 bits per heavy atom. The summed E-state index contributed by atoms with van der Waals surface area (Å²) in [5.74, 6) is 0.643. The molecule has 0 amide bonds. The first-order valence-electron chi connectivity index (χ1n) is 8.96. The highest BCUT2D eigenvalue weighted by Gasteiger charge is 2.16. The Hall–Kier alpha value is -2.77. The van der Waals surface area contributed by atoms with Crippen LogP contribution in [0.5, 0.6) is 0 Å². The van der Waals surface area contributed by atoms with Crippen molar-refractivity contribution in [3.8, 4) is 5.69 Å². The second-order valence-electron chi connectivity index (χ2n) is 6.41. The number of tetrazole rings is 1. The Kier molecular flexibility index (Phi) is 5.18. The van der Waals surface area contributed by atoms with Crippen LogP contribution >= 0.6 is 0 Å². The van der Waals surface area contributed by atoms with Gasteiger partial charge in [-0.15, -0.1) is 0 Å². The van der Waals surface area contributed by atoms with Crippen molar-refractivity contribution in [2.45, 2.75) is 13.1 Å². The maximum atomic E-state index is 5.46. The predicted octanol–water partition coefficient (Wildman–Crippen LogP) is 0.690. The van der Waals surface area contributed by atoms with Crippen molar-refractivity contribution in [1.29, 1.82) is 0 Å². The van der Waals surface area contributed by atoms with Gasteiger partial charge in [-0.1, -0.05) is 47.6 Å². The van der Waals surface area contributed by atoms with Gasteiger partial charge in [0.25, 0.3) is 0 Å². The average molecular weight is 351 g/mol. The van der Waals surface area contributed by atoms with E-state index in [0.717, 1.165) is 38.5 Å². The van der Waals surface area contributed by atoms with E-state index in [2.05, 4.69) is 45.1 Å². The van der Waals surface area contributed by atoms with E-state index in [1.54, 1.807) is 9.58 Å². The molecule has 0 radical (unpaired) electrons. The lowest BCUT2D eigenvalue weighted by Crippen LogP contribution is -3.12. The molecular weight excluding hydrogens is 328 g/mol. The first kappa shape index (κ1) is 16.7. The summed E-state index contributed by atoms with van der Waals surface area (Å²) in [6.45, 7) is 5.53. The van der Waals surface area contributed by atoms with Gasteiger partial charge in [-0.3, -0.25) is 0 Å². The van der Waals surface area contributed by atoms with Crippen LogP contribution in [0.3, 0.4) is 0 Å². The van der Waals surface area contributed by atoms with Crippen molar-refractivity contribution in [2.24, 2.45) is 0 Å². The van der Waals surface area contributed by atoms with E-state index >= 15 is 0 Å². The highest BCUT2D eigenvalue weighted by Crippen LogP contribution is 2.13. The number of nitrogens with zero attached hydrogens (tertiary/aromatic N) is 4. The van der Waals surface area contributed by atoms with E-state index in [4.69, 9.17) is 4.74 Å². The number of quaternary nitrogens is 1. The average Bonchev–Trinajstić information content (AvgIpc) is 3.17. The lowest BCUT2D eigenvalue weighted by molar-refractivity contribution is -0.921.